The number of carbonyl (C=O) groups is 1. The number of hydrogen-bond donors (Lipinski definition) is 2. The van der Waals surface area contributed by atoms with Gasteiger partial charge >= 0.3 is 0 Å². The summed E-state index contributed by atoms with van der Waals surface area (Å²) in [5, 5.41) is 2.85. The quantitative estimate of drug-likeness (QED) is 0.809. The largest absolute Gasteiger partial charge is 0.376 e. The molecular weight excluding hydrogens is 253 g/mol. The van der Waals surface area contributed by atoms with Gasteiger partial charge in [0, 0.05) is 11.5 Å². The van der Waals surface area contributed by atoms with E-state index in [9.17, 15) is 9.18 Å². The van der Waals surface area contributed by atoms with Gasteiger partial charge in [0.05, 0.1) is 17.2 Å². The molecule has 5 heteroatoms. The monoisotopic (exact) mass is 269 g/mol. The van der Waals surface area contributed by atoms with Crippen molar-refractivity contribution in [3.05, 3.63) is 29.6 Å². The lowest BCUT2D eigenvalue weighted by molar-refractivity contribution is 0.0724. The SMILES string of the molecule is CC1OCCC1(C)NC(=O)c1cc(S)ccc1F. The Bertz CT molecular complexity index is 480. The smallest absolute Gasteiger partial charge is 0.254 e. The van der Waals surface area contributed by atoms with Gasteiger partial charge in [0.15, 0.2) is 0 Å². The third kappa shape index (κ3) is 2.52. The maximum Gasteiger partial charge on any atom is 0.254 e. The minimum Gasteiger partial charge on any atom is -0.376 e. The summed E-state index contributed by atoms with van der Waals surface area (Å²) in [6.07, 6.45) is 0.644. The number of amides is 1. The Morgan fingerprint density at radius 2 is 2.33 bits per heavy atom. The van der Waals surface area contributed by atoms with Crippen molar-refractivity contribution in [1.29, 1.82) is 0 Å². The van der Waals surface area contributed by atoms with E-state index in [4.69, 9.17) is 4.74 Å². The second-order valence-corrected chi connectivity index (χ2v) is 5.32. The highest BCUT2D eigenvalue weighted by Gasteiger charge is 2.38. The van der Waals surface area contributed by atoms with E-state index in [0.717, 1.165) is 6.42 Å². The second-order valence-electron chi connectivity index (χ2n) is 4.80. The minimum absolute atomic E-state index is 0.0165. The first-order chi connectivity index (χ1) is 8.42. The second kappa shape index (κ2) is 4.90. The van der Waals surface area contributed by atoms with Gasteiger partial charge in [-0.1, -0.05) is 0 Å². The summed E-state index contributed by atoms with van der Waals surface area (Å²) >= 11 is 4.11. The van der Waals surface area contributed by atoms with Crippen LogP contribution in [0.1, 0.15) is 30.6 Å². The van der Waals surface area contributed by atoms with Crippen molar-refractivity contribution in [2.75, 3.05) is 6.61 Å². The molecule has 1 aromatic carbocycles. The summed E-state index contributed by atoms with van der Waals surface area (Å²) in [6, 6.07) is 4.18. The van der Waals surface area contributed by atoms with E-state index in [1.807, 2.05) is 13.8 Å². The molecule has 1 N–H and O–H groups in total. The molecule has 1 heterocycles. The fourth-order valence-corrected chi connectivity index (χ4v) is 2.22. The fraction of sp³-hybridized carbons (Fsp3) is 0.462. The van der Waals surface area contributed by atoms with E-state index in [2.05, 4.69) is 17.9 Å². The molecule has 18 heavy (non-hydrogen) atoms. The van der Waals surface area contributed by atoms with Crippen LogP contribution < -0.4 is 5.32 Å². The van der Waals surface area contributed by atoms with Gasteiger partial charge < -0.3 is 10.1 Å². The molecule has 1 aliphatic heterocycles. The molecule has 1 fully saturated rings. The molecule has 2 rings (SSSR count). The predicted octanol–water partition coefficient (Wildman–Crippen LogP) is 2.41. The highest BCUT2D eigenvalue weighted by molar-refractivity contribution is 7.80. The van der Waals surface area contributed by atoms with Gasteiger partial charge in [-0.15, -0.1) is 12.6 Å². The van der Waals surface area contributed by atoms with Gasteiger partial charge in [-0.3, -0.25) is 4.79 Å². The number of ether oxygens (including phenoxy) is 1. The summed E-state index contributed by atoms with van der Waals surface area (Å²) in [7, 11) is 0. The van der Waals surface area contributed by atoms with E-state index in [-0.39, 0.29) is 11.7 Å². The summed E-state index contributed by atoms with van der Waals surface area (Å²) in [4.78, 5) is 12.6. The number of nitrogens with one attached hydrogen (secondary N) is 1. The Balaban J connectivity index is 2.19. The van der Waals surface area contributed by atoms with Gasteiger partial charge in [-0.05, 0) is 38.5 Å². The summed E-state index contributed by atoms with van der Waals surface area (Å²) in [5.41, 5.74) is -0.432. The van der Waals surface area contributed by atoms with Crippen molar-refractivity contribution >= 4 is 18.5 Å². The lowest BCUT2D eigenvalue weighted by Crippen LogP contribution is -2.50. The van der Waals surface area contributed by atoms with E-state index in [0.29, 0.717) is 11.5 Å². The highest BCUT2D eigenvalue weighted by atomic mass is 32.1. The number of hydrogen-bond acceptors (Lipinski definition) is 3. The van der Waals surface area contributed by atoms with Crippen LogP contribution in [0.5, 0.6) is 0 Å². The Hall–Kier alpha value is -1.07. The van der Waals surface area contributed by atoms with Crippen LogP contribution >= 0.6 is 12.6 Å². The average Bonchev–Trinajstić information content (AvgIpc) is 2.62. The van der Waals surface area contributed by atoms with Crippen molar-refractivity contribution in [1.82, 2.24) is 5.32 Å². The van der Waals surface area contributed by atoms with E-state index < -0.39 is 17.3 Å². The number of thiol groups is 1. The van der Waals surface area contributed by atoms with Crippen LogP contribution in [0.3, 0.4) is 0 Å². The van der Waals surface area contributed by atoms with Crippen LogP contribution in [0.25, 0.3) is 0 Å². The molecular formula is C13H16FNO2S. The Morgan fingerprint density at radius 1 is 1.61 bits per heavy atom. The Morgan fingerprint density at radius 3 is 2.94 bits per heavy atom. The molecule has 98 valence electrons. The lowest BCUT2D eigenvalue weighted by atomic mass is 9.94. The maximum atomic E-state index is 13.6. The van der Waals surface area contributed by atoms with Crippen molar-refractivity contribution in [3.8, 4) is 0 Å². The van der Waals surface area contributed by atoms with Crippen LogP contribution in [-0.2, 0) is 4.74 Å². The van der Waals surface area contributed by atoms with Crippen LogP contribution in [0, 0.1) is 5.82 Å². The van der Waals surface area contributed by atoms with E-state index >= 15 is 0 Å². The summed E-state index contributed by atoms with van der Waals surface area (Å²) < 4.78 is 19.0. The number of halogens is 1. The average molecular weight is 269 g/mol. The van der Waals surface area contributed by atoms with Gasteiger partial charge in [-0.2, -0.15) is 0 Å². The maximum absolute atomic E-state index is 13.6. The first-order valence-corrected chi connectivity index (χ1v) is 6.30. The topological polar surface area (TPSA) is 38.3 Å². The molecule has 0 spiro atoms. The molecule has 2 unspecified atom stereocenters. The molecule has 1 aliphatic rings. The molecule has 0 aromatic heterocycles. The third-order valence-corrected chi connectivity index (χ3v) is 3.76. The number of rotatable bonds is 2. The van der Waals surface area contributed by atoms with Crippen LogP contribution in [0.4, 0.5) is 4.39 Å². The molecule has 2 atom stereocenters. The standard InChI is InChI=1S/C13H16FNO2S/c1-8-13(2,5-6-17-8)15-12(16)10-7-9(18)3-4-11(10)14/h3-4,7-8,18H,5-6H2,1-2H3,(H,15,16). The van der Waals surface area contributed by atoms with Crippen LogP contribution in [0.15, 0.2) is 23.1 Å². The molecule has 0 radical (unpaired) electrons. The third-order valence-electron chi connectivity index (χ3n) is 3.48. The van der Waals surface area contributed by atoms with Crippen LogP contribution in [-0.4, -0.2) is 24.2 Å². The molecule has 0 saturated carbocycles. The first kappa shape index (κ1) is 13.4. The molecule has 0 bridgehead atoms. The predicted molar refractivity (Wildman–Crippen MR) is 69.6 cm³/mol. The molecule has 1 amide bonds. The molecule has 3 nitrogen and oxygen atoms in total. The summed E-state index contributed by atoms with van der Waals surface area (Å²) in [6.45, 7) is 4.41. The first-order valence-electron chi connectivity index (χ1n) is 5.85. The van der Waals surface area contributed by atoms with E-state index in [1.54, 1.807) is 0 Å². The minimum atomic E-state index is -0.541. The zero-order valence-corrected chi connectivity index (χ0v) is 11.3. The molecule has 0 aliphatic carbocycles. The summed E-state index contributed by atoms with van der Waals surface area (Å²) in [5.74, 6) is -0.969. The van der Waals surface area contributed by atoms with Crippen molar-refractivity contribution in [3.63, 3.8) is 0 Å². The normalized spacial score (nSPS) is 27.2. The van der Waals surface area contributed by atoms with Gasteiger partial charge in [-0.25, -0.2) is 4.39 Å². The van der Waals surface area contributed by atoms with Gasteiger partial charge in [0.2, 0.25) is 0 Å². The zero-order chi connectivity index (χ0) is 13.3. The molecule has 1 aromatic rings. The van der Waals surface area contributed by atoms with Gasteiger partial charge in [0.25, 0.3) is 5.91 Å². The van der Waals surface area contributed by atoms with Crippen molar-refractivity contribution in [2.24, 2.45) is 0 Å². The highest BCUT2D eigenvalue weighted by Crippen LogP contribution is 2.26. The van der Waals surface area contributed by atoms with Crippen molar-refractivity contribution in [2.45, 2.75) is 36.8 Å². The lowest BCUT2D eigenvalue weighted by Gasteiger charge is -2.29. The van der Waals surface area contributed by atoms with Gasteiger partial charge in [0.1, 0.15) is 5.82 Å². The number of benzene rings is 1. The van der Waals surface area contributed by atoms with Crippen LogP contribution in [0.2, 0.25) is 0 Å². The van der Waals surface area contributed by atoms with E-state index in [1.165, 1.54) is 18.2 Å². The Kier molecular flexibility index (Phi) is 3.64. The van der Waals surface area contributed by atoms with Crippen molar-refractivity contribution < 1.29 is 13.9 Å². The molecule has 1 saturated heterocycles. The fourth-order valence-electron chi connectivity index (χ4n) is 2.01. The zero-order valence-electron chi connectivity index (χ0n) is 10.4. The number of carbonyl (C=O) groups excluding carboxylic acids is 1. The Labute approximate surface area is 111 Å².